The fourth-order valence-electron chi connectivity index (χ4n) is 1.74. The molecule has 0 aliphatic rings. The Kier molecular flexibility index (Phi) is 2.99. The Morgan fingerprint density at radius 3 is 2.56 bits per heavy atom. The van der Waals surface area contributed by atoms with Crippen LogP contribution in [-0.2, 0) is 5.41 Å². The van der Waals surface area contributed by atoms with Crippen molar-refractivity contribution >= 4 is 28.2 Å². The number of benzene rings is 1. The van der Waals surface area contributed by atoms with Crippen molar-refractivity contribution in [3.8, 4) is 0 Å². The van der Waals surface area contributed by atoms with Crippen molar-refractivity contribution in [1.29, 1.82) is 0 Å². The van der Waals surface area contributed by atoms with Crippen molar-refractivity contribution < 1.29 is 4.92 Å². The van der Waals surface area contributed by atoms with Gasteiger partial charge in [0.05, 0.1) is 10.4 Å². The van der Waals surface area contributed by atoms with Gasteiger partial charge in [-0.1, -0.05) is 38.4 Å². The van der Waals surface area contributed by atoms with E-state index in [1.807, 2.05) is 18.2 Å². The summed E-state index contributed by atoms with van der Waals surface area (Å²) in [5.41, 5.74) is 1.54. The van der Waals surface area contributed by atoms with Gasteiger partial charge in [0.1, 0.15) is 11.2 Å². The minimum absolute atomic E-state index is 0.0395. The van der Waals surface area contributed by atoms with Gasteiger partial charge in [-0.2, -0.15) is 0 Å². The summed E-state index contributed by atoms with van der Waals surface area (Å²) in [6.45, 7) is 6.23. The Labute approximate surface area is 110 Å². The van der Waals surface area contributed by atoms with Crippen LogP contribution in [0.3, 0.4) is 0 Å². The molecule has 0 unspecified atom stereocenters. The van der Waals surface area contributed by atoms with Crippen molar-refractivity contribution in [1.82, 2.24) is 4.98 Å². The zero-order chi connectivity index (χ0) is 13.5. The molecular weight excluding hydrogens is 252 g/mol. The van der Waals surface area contributed by atoms with Gasteiger partial charge in [-0.3, -0.25) is 10.1 Å². The molecular formula is C13H13ClN2O2. The summed E-state index contributed by atoms with van der Waals surface area (Å²) in [6, 6.07) is 5.68. The molecule has 0 saturated carbocycles. The van der Waals surface area contributed by atoms with Gasteiger partial charge >= 0.3 is 5.69 Å². The van der Waals surface area contributed by atoms with E-state index >= 15 is 0 Å². The SMILES string of the molecule is CC(C)(C)c1ccc2ncc([N+](=O)[O-])c(Cl)c2c1. The van der Waals surface area contributed by atoms with Crippen LogP contribution < -0.4 is 0 Å². The Hall–Kier alpha value is -1.68. The second kappa shape index (κ2) is 4.21. The Bertz CT molecular complexity index is 633. The molecule has 0 aliphatic heterocycles. The first kappa shape index (κ1) is 12.8. The van der Waals surface area contributed by atoms with Gasteiger partial charge < -0.3 is 0 Å². The molecule has 0 N–H and O–H groups in total. The molecule has 2 aromatic rings. The molecule has 0 bridgehead atoms. The molecule has 0 aliphatic carbocycles. The van der Waals surface area contributed by atoms with Gasteiger partial charge in [0.15, 0.2) is 0 Å². The second-order valence-corrected chi connectivity index (χ2v) is 5.57. The van der Waals surface area contributed by atoms with Gasteiger partial charge in [0, 0.05) is 5.39 Å². The van der Waals surface area contributed by atoms with E-state index in [1.54, 1.807) is 0 Å². The van der Waals surface area contributed by atoms with E-state index in [0.29, 0.717) is 10.9 Å². The van der Waals surface area contributed by atoms with Crippen LogP contribution in [0.15, 0.2) is 24.4 Å². The number of hydrogen-bond donors (Lipinski definition) is 0. The predicted molar refractivity (Wildman–Crippen MR) is 72.1 cm³/mol. The number of halogens is 1. The average Bonchev–Trinajstić information content (AvgIpc) is 2.27. The van der Waals surface area contributed by atoms with Gasteiger partial charge in [-0.05, 0) is 23.1 Å². The lowest BCUT2D eigenvalue weighted by atomic mass is 9.86. The highest BCUT2D eigenvalue weighted by atomic mass is 35.5. The first-order chi connectivity index (χ1) is 8.30. The summed E-state index contributed by atoms with van der Waals surface area (Å²) in [6.07, 6.45) is 1.20. The van der Waals surface area contributed by atoms with Gasteiger partial charge in [-0.25, -0.2) is 4.98 Å². The summed E-state index contributed by atoms with van der Waals surface area (Å²) < 4.78 is 0. The minimum atomic E-state index is -0.515. The number of nitro groups is 1. The highest BCUT2D eigenvalue weighted by molar-refractivity contribution is 6.37. The summed E-state index contributed by atoms with van der Waals surface area (Å²) in [5, 5.41) is 11.6. The highest BCUT2D eigenvalue weighted by Gasteiger charge is 2.19. The van der Waals surface area contributed by atoms with Gasteiger partial charge in [0.2, 0.25) is 0 Å². The Balaban J connectivity index is 2.75. The second-order valence-electron chi connectivity index (χ2n) is 5.20. The van der Waals surface area contributed by atoms with Crippen molar-refractivity contribution in [2.24, 2.45) is 0 Å². The van der Waals surface area contributed by atoms with E-state index in [4.69, 9.17) is 11.6 Å². The van der Waals surface area contributed by atoms with E-state index in [9.17, 15) is 10.1 Å². The van der Waals surface area contributed by atoms with Crippen molar-refractivity contribution in [2.75, 3.05) is 0 Å². The van der Waals surface area contributed by atoms with Crippen molar-refractivity contribution in [3.63, 3.8) is 0 Å². The maximum Gasteiger partial charge on any atom is 0.306 e. The lowest BCUT2D eigenvalue weighted by molar-refractivity contribution is -0.384. The molecule has 1 heterocycles. The summed E-state index contributed by atoms with van der Waals surface area (Å²) >= 11 is 6.08. The molecule has 94 valence electrons. The van der Waals surface area contributed by atoms with Gasteiger partial charge in [-0.15, -0.1) is 0 Å². The highest BCUT2D eigenvalue weighted by Crippen LogP contribution is 2.33. The largest absolute Gasteiger partial charge is 0.306 e. The fraction of sp³-hybridized carbons (Fsp3) is 0.308. The van der Waals surface area contributed by atoms with E-state index in [2.05, 4.69) is 25.8 Å². The summed E-state index contributed by atoms with van der Waals surface area (Å²) in [7, 11) is 0. The maximum atomic E-state index is 10.8. The van der Waals surface area contributed by atoms with Crippen LogP contribution in [0, 0.1) is 10.1 Å². The minimum Gasteiger partial charge on any atom is -0.258 e. The van der Waals surface area contributed by atoms with Crippen LogP contribution >= 0.6 is 11.6 Å². The van der Waals surface area contributed by atoms with Crippen LogP contribution in [0.5, 0.6) is 0 Å². The number of nitrogens with zero attached hydrogens (tertiary/aromatic N) is 2. The lowest BCUT2D eigenvalue weighted by Gasteiger charge is -2.19. The number of aromatic nitrogens is 1. The Morgan fingerprint density at radius 1 is 1.33 bits per heavy atom. The van der Waals surface area contributed by atoms with Crippen LogP contribution in [0.25, 0.3) is 10.9 Å². The van der Waals surface area contributed by atoms with Crippen LogP contribution in [0.2, 0.25) is 5.02 Å². The molecule has 0 amide bonds. The van der Waals surface area contributed by atoms with E-state index < -0.39 is 4.92 Å². The van der Waals surface area contributed by atoms with Crippen LogP contribution in [0.1, 0.15) is 26.3 Å². The smallest absolute Gasteiger partial charge is 0.258 e. The maximum absolute atomic E-state index is 10.8. The molecule has 18 heavy (non-hydrogen) atoms. The van der Waals surface area contributed by atoms with Crippen molar-refractivity contribution in [3.05, 3.63) is 45.1 Å². The molecule has 2 rings (SSSR count). The average molecular weight is 265 g/mol. The van der Waals surface area contributed by atoms with E-state index in [1.165, 1.54) is 6.20 Å². The molecule has 0 fully saturated rings. The number of pyridine rings is 1. The monoisotopic (exact) mass is 264 g/mol. The first-order valence-corrected chi connectivity index (χ1v) is 5.91. The third kappa shape index (κ3) is 2.16. The lowest BCUT2D eigenvalue weighted by Crippen LogP contribution is -2.10. The predicted octanol–water partition coefficient (Wildman–Crippen LogP) is 4.09. The normalized spacial score (nSPS) is 11.8. The zero-order valence-corrected chi connectivity index (χ0v) is 11.2. The molecule has 0 spiro atoms. The number of hydrogen-bond acceptors (Lipinski definition) is 3. The van der Waals surface area contributed by atoms with Crippen LogP contribution in [0.4, 0.5) is 5.69 Å². The Morgan fingerprint density at radius 2 is 2.00 bits per heavy atom. The molecule has 1 aromatic heterocycles. The number of rotatable bonds is 1. The molecule has 0 radical (unpaired) electrons. The molecule has 5 heteroatoms. The first-order valence-electron chi connectivity index (χ1n) is 5.54. The van der Waals surface area contributed by atoms with E-state index in [0.717, 1.165) is 5.56 Å². The third-order valence-electron chi connectivity index (χ3n) is 2.85. The number of fused-ring (bicyclic) bond motifs is 1. The quantitative estimate of drug-likeness (QED) is 0.576. The molecule has 4 nitrogen and oxygen atoms in total. The molecule has 1 aromatic carbocycles. The van der Waals surface area contributed by atoms with Crippen LogP contribution in [-0.4, -0.2) is 9.91 Å². The third-order valence-corrected chi connectivity index (χ3v) is 3.24. The zero-order valence-electron chi connectivity index (χ0n) is 10.4. The van der Waals surface area contributed by atoms with Gasteiger partial charge in [0.25, 0.3) is 0 Å². The molecule has 0 atom stereocenters. The summed E-state index contributed by atoms with van der Waals surface area (Å²) in [4.78, 5) is 14.4. The van der Waals surface area contributed by atoms with E-state index in [-0.39, 0.29) is 16.1 Å². The topological polar surface area (TPSA) is 56.0 Å². The standard InChI is InChI=1S/C13H13ClN2O2/c1-13(2,3)8-4-5-10-9(6-8)12(14)11(7-15-10)16(17)18/h4-7H,1-3H3. The molecule has 0 saturated heterocycles. The summed E-state index contributed by atoms with van der Waals surface area (Å²) in [5.74, 6) is 0. The van der Waals surface area contributed by atoms with Crippen molar-refractivity contribution in [2.45, 2.75) is 26.2 Å². The fourth-order valence-corrected chi connectivity index (χ4v) is 2.01.